The molecular formula is C15H23FN2O. The van der Waals surface area contributed by atoms with Gasteiger partial charge in [0.1, 0.15) is 11.4 Å². The average molecular weight is 266 g/mol. The van der Waals surface area contributed by atoms with Crippen LogP contribution >= 0.6 is 0 Å². The first kappa shape index (κ1) is 14.3. The summed E-state index contributed by atoms with van der Waals surface area (Å²) >= 11 is 0. The van der Waals surface area contributed by atoms with Crippen LogP contribution in [0.5, 0.6) is 5.75 Å². The van der Waals surface area contributed by atoms with Gasteiger partial charge < -0.3 is 10.1 Å². The quantitative estimate of drug-likeness (QED) is 0.909. The van der Waals surface area contributed by atoms with E-state index >= 15 is 4.39 Å². The molecule has 3 nitrogen and oxygen atoms in total. The maximum absolute atomic E-state index is 15.1. The molecule has 2 unspecified atom stereocenters. The summed E-state index contributed by atoms with van der Waals surface area (Å²) in [5.74, 6) is 0.637. The number of rotatable bonds is 4. The SMILES string of the molecule is CC(C)Oc1cncc(C(C)(F)C2CCCNC2)c1. The highest BCUT2D eigenvalue weighted by Crippen LogP contribution is 2.38. The molecule has 1 saturated heterocycles. The highest BCUT2D eigenvalue weighted by atomic mass is 19.1. The van der Waals surface area contributed by atoms with Gasteiger partial charge in [0.25, 0.3) is 0 Å². The molecule has 106 valence electrons. The standard InChI is InChI=1S/C15H23FN2O/c1-11(2)19-14-7-13(9-18-10-14)15(3,16)12-5-4-6-17-8-12/h7,9-12,17H,4-6,8H2,1-3H3. The molecule has 1 aromatic heterocycles. The third kappa shape index (κ3) is 3.44. The molecule has 1 aromatic rings. The summed E-state index contributed by atoms with van der Waals surface area (Å²) in [6.07, 6.45) is 5.26. The fraction of sp³-hybridized carbons (Fsp3) is 0.667. The summed E-state index contributed by atoms with van der Waals surface area (Å²) in [7, 11) is 0. The van der Waals surface area contributed by atoms with Gasteiger partial charge in [-0.3, -0.25) is 4.98 Å². The van der Waals surface area contributed by atoms with Crippen LogP contribution in [-0.4, -0.2) is 24.2 Å². The second kappa shape index (κ2) is 5.87. The molecule has 0 bridgehead atoms. The average Bonchev–Trinajstić information content (AvgIpc) is 2.39. The first-order valence-electron chi connectivity index (χ1n) is 7.02. The Morgan fingerprint density at radius 1 is 1.47 bits per heavy atom. The lowest BCUT2D eigenvalue weighted by molar-refractivity contribution is 0.0803. The zero-order valence-electron chi connectivity index (χ0n) is 11.9. The predicted octanol–water partition coefficient (Wildman–Crippen LogP) is 3.05. The Morgan fingerprint density at radius 3 is 2.89 bits per heavy atom. The summed E-state index contributed by atoms with van der Waals surface area (Å²) in [6, 6.07) is 1.78. The topological polar surface area (TPSA) is 34.1 Å². The van der Waals surface area contributed by atoms with Crippen molar-refractivity contribution >= 4 is 0 Å². The molecule has 1 aliphatic rings. The zero-order valence-corrected chi connectivity index (χ0v) is 11.9. The maximum atomic E-state index is 15.1. The highest BCUT2D eigenvalue weighted by molar-refractivity contribution is 5.28. The van der Waals surface area contributed by atoms with Crippen LogP contribution in [0.2, 0.25) is 0 Å². The van der Waals surface area contributed by atoms with Crippen molar-refractivity contribution in [1.29, 1.82) is 0 Å². The van der Waals surface area contributed by atoms with Gasteiger partial charge in [-0.15, -0.1) is 0 Å². The number of alkyl halides is 1. The number of nitrogens with zero attached hydrogens (tertiary/aromatic N) is 1. The van der Waals surface area contributed by atoms with E-state index < -0.39 is 5.67 Å². The van der Waals surface area contributed by atoms with E-state index in [1.165, 1.54) is 0 Å². The molecule has 2 rings (SSSR count). The lowest BCUT2D eigenvalue weighted by Gasteiger charge is -2.34. The molecule has 1 aliphatic heterocycles. The van der Waals surface area contributed by atoms with E-state index in [9.17, 15) is 0 Å². The summed E-state index contributed by atoms with van der Waals surface area (Å²) in [6.45, 7) is 7.27. The van der Waals surface area contributed by atoms with Crippen LogP contribution in [0.1, 0.15) is 39.2 Å². The zero-order chi connectivity index (χ0) is 13.9. The molecule has 1 N–H and O–H groups in total. The number of piperidine rings is 1. The minimum absolute atomic E-state index is 0.00245. The van der Waals surface area contributed by atoms with Crippen molar-refractivity contribution in [3.05, 3.63) is 24.0 Å². The number of hydrogen-bond donors (Lipinski definition) is 1. The van der Waals surface area contributed by atoms with Gasteiger partial charge in [-0.25, -0.2) is 4.39 Å². The van der Waals surface area contributed by atoms with Crippen molar-refractivity contribution < 1.29 is 9.13 Å². The number of nitrogens with one attached hydrogen (secondary N) is 1. The van der Waals surface area contributed by atoms with Crippen LogP contribution in [-0.2, 0) is 5.67 Å². The van der Waals surface area contributed by atoms with E-state index in [-0.39, 0.29) is 12.0 Å². The van der Waals surface area contributed by atoms with Gasteiger partial charge in [0.2, 0.25) is 0 Å². The van der Waals surface area contributed by atoms with Crippen molar-refractivity contribution in [2.24, 2.45) is 5.92 Å². The van der Waals surface area contributed by atoms with E-state index in [2.05, 4.69) is 10.3 Å². The van der Waals surface area contributed by atoms with Crippen molar-refractivity contribution in [2.45, 2.75) is 45.4 Å². The van der Waals surface area contributed by atoms with E-state index in [0.717, 1.165) is 25.9 Å². The number of aromatic nitrogens is 1. The van der Waals surface area contributed by atoms with Crippen LogP contribution in [0, 0.1) is 5.92 Å². The third-order valence-corrected chi connectivity index (χ3v) is 3.71. The molecule has 2 heterocycles. The maximum Gasteiger partial charge on any atom is 0.138 e. The van der Waals surface area contributed by atoms with Gasteiger partial charge in [0, 0.05) is 24.2 Å². The molecule has 0 radical (unpaired) electrons. The molecule has 0 aliphatic carbocycles. The fourth-order valence-corrected chi connectivity index (χ4v) is 2.57. The van der Waals surface area contributed by atoms with Crippen molar-refractivity contribution in [2.75, 3.05) is 13.1 Å². The third-order valence-electron chi connectivity index (χ3n) is 3.71. The smallest absolute Gasteiger partial charge is 0.138 e. The van der Waals surface area contributed by atoms with Crippen molar-refractivity contribution in [3.8, 4) is 5.75 Å². The van der Waals surface area contributed by atoms with Gasteiger partial charge in [-0.1, -0.05) is 0 Å². The molecule has 19 heavy (non-hydrogen) atoms. The Morgan fingerprint density at radius 2 is 2.26 bits per heavy atom. The summed E-state index contributed by atoms with van der Waals surface area (Å²) in [5, 5.41) is 3.27. The Balaban J connectivity index is 2.18. The van der Waals surface area contributed by atoms with Crippen molar-refractivity contribution in [3.63, 3.8) is 0 Å². The van der Waals surface area contributed by atoms with Crippen LogP contribution < -0.4 is 10.1 Å². The van der Waals surface area contributed by atoms with E-state index in [0.29, 0.717) is 11.3 Å². The normalized spacial score (nSPS) is 23.1. The monoisotopic (exact) mass is 266 g/mol. The minimum atomic E-state index is -1.36. The van der Waals surface area contributed by atoms with Gasteiger partial charge in [0.05, 0.1) is 12.3 Å². The van der Waals surface area contributed by atoms with Gasteiger partial charge in [0.15, 0.2) is 0 Å². The first-order chi connectivity index (χ1) is 9.00. The van der Waals surface area contributed by atoms with Crippen LogP contribution in [0.25, 0.3) is 0 Å². The second-order valence-electron chi connectivity index (χ2n) is 5.69. The summed E-state index contributed by atoms with van der Waals surface area (Å²) < 4.78 is 20.7. The molecule has 0 amide bonds. The largest absolute Gasteiger partial charge is 0.489 e. The van der Waals surface area contributed by atoms with Crippen LogP contribution in [0.15, 0.2) is 18.5 Å². The lowest BCUT2D eigenvalue weighted by Crippen LogP contribution is -2.40. The molecule has 2 atom stereocenters. The predicted molar refractivity (Wildman–Crippen MR) is 74.1 cm³/mol. The molecule has 1 fully saturated rings. The van der Waals surface area contributed by atoms with E-state index in [4.69, 9.17) is 4.74 Å². The Hall–Kier alpha value is -1.16. The van der Waals surface area contributed by atoms with E-state index in [1.54, 1.807) is 25.4 Å². The molecule has 0 aromatic carbocycles. The highest BCUT2D eigenvalue weighted by Gasteiger charge is 2.37. The number of halogens is 1. The van der Waals surface area contributed by atoms with Gasteiger partial charge in [-0.2, -0.15) is 0 Å². The van der Waals surface area contributed by atoms with Crippen molar-refractivity contribution in [1.82, 2.24) is 10.3 Å². The molecular weight excluding hydrogens is 243 g/mol. The Labute approximate surface area is 114 Å². The van der Waals surface area contributed by atoms with E-state index in [1.807, 2.05) is 13.8 Å². The lowest BCUT2D eigenvalue weighted by atomic mass is 9.81. The first-order valence-corrected chi connectivity index (χ1v) is 7.02. The fourth-order valence-electron chi connectivity index (χ4n) is 2.57. The number of ether oxygens (including phenoxy) is 1. The Bertz CT molecular complexity index is 414. The second-order valence-corrected chi connectivity index (χ2v) is 5.69. The number of hydrogen-bond acceptors (Lipinski definition) is 3. The Kier molecular flexibility index (Phi) is 4.40. The molecule has 4 heteroatoms. The number of pyridine rings is 1. The minimum Gasteiger partial charge on any atom is -0.489 e. The van der Waals surface area contributed by atoms with Gasteiger partial charge >= 0.3 is 0 Å². The van der Waals surface area contributed by atoms with Crippen LogP contribution in [0.3, 0.4) is 0 Å². The summed E-state index contributed by atoms with van der Waals surface area (Å²) in [4.78, 5) is 4.11. The molecule has 0 spiro atoms. The van der Waals surface area contributed by atoms with Gasteiger partial charge in [-0.05, 0) is 46.2 Å². The molecule has 0 saturated carbocycles. The van der Waals surface area contributed by atoms with Crippen LogP contribution in [0.4, 0.5) is 4.39 Å². The summed E-state index contributed by atoms with van der Waals surface area (Å²) in [5.41, 5.74) is -0.754.